The van der Waals surface area contributed by atoms with Gasteiger partial charge in [0.25, 0.3) is 0 Å². The molecule has 0 aliphatic carbocycles. The van der Waals surface area contributed by atoms with E-state index < -0.39 is 6.10 Å². The van der Waals surface area contributed by atoms with Gasteiger partial charge in [-0.25, -0.2) is 0 Å². The predicted octanol–water partition coefficient (Wildman–Crippen LogP) is 3.58. The fourth-order valence-electron chi connectivity index (χ4n) is 1.78. The van der Waals surface area contributed by atoms with Crippen LogP contribution in [-0.4, -0.2) is 21.9 Å². The van der Waals surface area contributed by atoms with E-state index in [1.165, 1.54) is 6.07 Å². The molecule has 0 aliphatic heterocycles. The number of phenols is 1. The Morgan fingerprint density at radius 2 is 2.10 bits per heavy atom. The predicted molar refractivity (Wildman–Crippen MR) is 87.5 cm³/mol. The quantitative estimate of drug-likeness (QED) is 0.367. The van der Waals surface area contributed by atoms with Crippen molar-refractivity contribution in [1.82, 2.24) is 5.32 Å². The summed E-state index contributed by atoms with van der Waals surface area (Å²) in [7, 11) is 0. The molecule has 0 aliphatic rings. The Hall–Kier alpha value is -1.04. The van der Waals surface area contributed by atoms with Gasteiger partial charge in [-0.2, -0.15) is 0 Å². The van der Waals surface area contributed by atoms with Crippen LogP contribution in [0.3, 0.4) is 0 Å². The average Bonchev–Trinajstić information content (AvgIpc) is 2.38. The topological polar surface area (TPSA) is 64.5 Å². The number of aromatic hydroxyl groups is 1. The second-order valence-electron chi connectivity index (χ2n) is 4.66. The zero-order chi connectivity index (χ0) is 15.1. The fraction of sp³-hybridized carbons (Fsp3) is 0.500. The summed E-state index contributed by atoms with van der Waals surface area (Å²) in [6.07, 6.45) is 2.53. The number of anilines is 1. The number of unbranched alkanes of at least 4 members (excludes halogenated alkanes) is 2. The highest BCUT2D eigenvalue weighted by Crippen LogP contribution is 2.35. The van der Waals surface area contributed by atoms with Crippen LogP contribution in [0, 0.1) is 0 Å². The molecule has 0 aromatic heterocycles. The van der Waals surface area contributed by atoms with Crippen LogP contribution >= 0.6 is 23.8 Å². The summed E-state index contributed by atoms with van der Waals surface area (Å²) in [6, 6.07) is 3.10. The Labute approximate surface area is 130 Å². The maximum absolute atomic E-state index is 10.1. The zero-order valence-corrected chi connectivity index (χ0v) is 13.3. The van der Waals surface area contributed by atoms with Crippen LogP contribution in [-0.2, 0) is 0 Å². The first-order valence-electron chi connectivity index (χ1n) is 6.71. The number of aliphatic hydroxyl groups is 1. The van der Waals surface area contributed by atoms with E-state index in [1.807, 2.05) is 0 Å². The van der Waals surface area contributed by atoms with Crippen molar-refractivity contribution < 1.29 is 10.2 Å². The van der Waals surface area contributed by atoms with E-state index in [0.717, 1.165) is 25.8 Å². The SMILES string of the molecule is CCCCCNC(=S)Nc1cc(Cl)cc(C(C)O)c1O. The fourth-order valence-corrected chi connectivity index (χ4v) is 2.22. The molecular weight excluding hydrogens is 296 g/mol. The summed E-state index contributed by atoms with van der Waals surface area (Å²) in [4.78, 5) is 0. The van der Waals surface area contributed by atoms with Crippen LogP contribution in [0.1, 0.15) is 44.8 Å². The van der Waals surface area contributed by atoms with Gasteiger partial charge < -0.3 is 20.8 Å². The smallest absolute Gasteiger partial charge is 0.170 e. The highest BCUT2D eigenvalue weighted by molar-refractivity contribution is 7.80. The molecule has 0 heterocycles. The van der Waals surface area contributed by atoms with Gasteiger partial charge in [0.1, 0.15) is 5.75 Å². The minimum Gasteiger partial charge on any atom is -0.505 e. The van der Waals surface area contributed by atoms with E-state index in [4.69, 9.17) is 23.8 Å². The normalized spacial score (nSPS) is 12.0. The summed E-state index contributed by atoms with van der Waals surface area (Å²) in [5.41, 5.74) is 0.759. The van der Waals surface area contributed by atoms with Crippen molar-refractivity contribution in [3.63, 3.8) is 0 Å². The van der Waals surface area contributed by atoms with Crippen LogP contribution in [0.2, 0.25) is 5.02 Å². The highest BCUT2D eigenvalue weighted by atomic mass is 35.5. The lowest BCUT2D eigenvalue weighted by Crippen LogP contribution is -2.29. The molecule has 0 amide bonds. The summed E-state index contributed by atoms with van der Waals surface area (Å²) in [6.45, 7) is 4.49. The Morgan fingerprint density at radius 1 is 1.40 bits per heavy atom. The van der Waals surface area contributed by atoms with E-state index in [-0.39, 0.29) is 5.75 Å². The number of benzene rings is 1. The van der Waals surface area contributed by atoms with Crippen molar-refractivity contribution in [2.45, 2.75) is 39.2 Å². The van der Waals surface area contributed by atoms with Crippen molar-refractivity contribution >= 4 is 34.6 Å². The average molecular weight is 317 g/mol. The molecule has 0 fully saturated rings. The number of rotatable bonds is 6. The van der Waals surface area contributed by atoms with Crippen molar-refractivity contribution in [3.8, 4) is 5.75 Å². The molecule has 112 valence electrons. The third-order valence-corrected chi connectivity index (χ3v) is 3.33. The number of phenolic OH excluding ortho intramolecular Hbond substituents is 1. The van der Waals surface area contributed by atoms with Crippen LogP contribution in [0.25, 0.3) is 0 Å². The van der Waals surface area contributed by atoms with E-state index in [1.54, 1.807) is 13.0 Å². The summed E-state index contributed by atoms with van der Waals surface area (Å²) in [5.74, 6) is -0.0397. The largest absolute Gasteiger partial charge is 0.505 e. The maximum atomic E-state index is 10.1. The zero-order valence-electron chi connectivity index (χ0n) is 11.7. The van der Waals surface area contributed by atoms with Crippen LogP contribution in [0.15, 0.2) is 12.1 Å². The van der Waals surface area contributed by atoms with E-state index >= 15 is 0 Å². The monoisotopic (exact) mass is 316 g/mol. The molecule has 1 unspecified atom stereocenters. The lowest BCUT2D eigenvalue weighted by Gasteiger charge is -2.15. The number of halogens is 1. The number of nitrogens with one attached hydrogen (secondary N) is 2. The van der Waals surface area contributed by atoms with Gasteiger partial charge in [0.2, 0.25) is 0 Å². The second-order valence-corrected chi connectivity index (χ2v) is 5.50. The molecule has 1 rings (SSSR count). The molecule has 0 saturated carbocycles. The van der Waals surface area contributed by atoms with Gasteiger partial charge in [0.15, 0.2) is 5.11 Å². The van der Waals surface area contributed by atoms with Crippen molar-refractivity contribution in [1.29, 1.82) is 0 Å². The molecule has 0 saturated heterocycles. The minimum absolute atomic E-state index is 0.0397. The second kappa shape index (κ2) is 8.29. The molecule has 20 heavy (non-hydrogen) atoms. The van der Waals surface area contributed by atoms with Crippen LogP contribution in [0.5, 0.6) is 5.75 Å². The van der Waals surface area contributed by atoms with Gasteiger partial charge in [-0.05, 0) is 37.7 Å². The van der Waals surface area contributed by atoms with E-state index in [2.05, 4.69) is 17.6 Å². The third kappa shape index (κ3) is 5.15. The first-order valence-corrected chi connectivity index (χ1v) is 7.49. The van der Waals surface area contributed by atoms with Gasteiger partial charge in [-0.1, -0.05) is 31.4 Å². The van der Waals surface area contributed by atoms with Gasteiger partial charge in [0.05, 0.1) is 11.8 Å². The molecule has 1 aromatic carbocycles. The van der Waals surface area contributed by atoms with Crippen molar-refractivity contribution in [2.75, 3.05) is 11.9 Å². The highest BCUT2D eigenvalue weighted by Gasteiger charge is 2.14. The van der Waals surface area contributed by atoms with Crippen molar-refractivity contribution in [3.05, 3.63) is 22.7 Å². The molecule has 0 spiro atoms. The summed E-state index contributed by atoms with van der Waals surface area (Å²) in [5, 5.41) is 26.5. The standard InChI is InChI=1S/C14H21ClN2O2S/c1-3-4-5-6-16-14(20)17-12-8-10(15)7-11(9(2)18)13(12)19/h7-9,18-19H,3-6H2,1-2H3,(H2,16,17,20). The lowest BCUT2D eigenvalue weighted by molar-refractivity contribution is 0.195. The maximum Gasteiger partial charge on any atom is 0.170 e. The van der Waals surface area contributed by atoms with Crippen molar-refractivity contribution in [2.24, 2.45) is 0 Å². The Bertz CT molecular complexity index is 467. The molecular formula is C14H21ClN2O2S. The van der Waals surface area contributed by atoms with Gasteiger partial charge in [0, 0.05) is 17.1 Å². The first kappa shape index (κ1) is 17.0. The Morgan fingerprint density at radius 3 is 2.70 bits per heavy atom. The van der Waals surface area contributed by atoms with E-state index in [9.17, 15) is 10.2 Å². The molecule has 6 heteroatoms. The third-order valence-electron chi connectivity index (χ3n) is 2.87. The molecule has 4 N–H and O–H groups in total. The first-order chi connectivity index (χ1) is 9.45. The summed E-state index contributed by atoms with van der Waals surface area (Å²) < 4.78 is 0. The van der Waals surface area contributed by atoms with Crippen LogP contribution < -0.4 is 10.6 Å². The molecule has 1 atom stereocenters. The molecule has 4 nitrogen and oxygen atoms in total. The van der Waals surface area contributed by atoms with Crippen LogP contribution in [0.4, 0.5) is 5.69 Å². The van der Waals surface area contributed by atoms with E-state index in [0.29, 0.717) is 21.4 Å². The van der Waals surface area contributed by atoms with Gasteiger partial charge in [-0.15, -0.1) is 0 Å². The Kier molecular flexibility index (Phi) is 7.05. The number of hydrogen-bond acceptors (Lipinski definition) is 3. The minimum atomic E-state index is -0.805. The van der Waals surface area contributed by atoms with Gasteiger partial charge in [-0.3, -0.25) is 0 Å². The summed E-state index contributed by atoms with van der Waals surface area (Å²) >= 11 is 11.1. The number of aliphatic hydroxyl groups excluding tert-OH is 1. The molecule has 0 radical (unpaired) electrons. The molecule has 0 bridgehead atoms. The number of thiocarbonyl (C=S) groups is 1. The van der Waals surface area contributed by atoms with Gasteiger partial charge >= 0.3 is 0 Å². The Balaban J connectivity index is 2.70. The lowest BCUT2D eigenvalue weighted by atomic mass is 10.1. The number of hydrogen-bond donors (Lipinski definition) is 4. The molecule has 1 aromatic rings.